The average Bonchev–Trinajstić information content (AvgIpc) is 2.73. The molecule has 20 heavy (non-hydrogen) atoms. The van der Waals surface area contributed by atoms with Crippen molar-refractivity contribution in [2.45, 2.75) is 26.7 Å². The molecule has 0 radical (unpaired) electrons. The highest BCUT2D eigenvalue weighted by atomic mass is 16.6. The van der Waals surface area contributed by atoms with E-state index in [4.69, 9.17) is 4.42 Å². The number of fused-ring (bicyclic) bond motifs is 3. The zero-order valence-corrected chi connectivity index (χ0v) is 11.6. The van der Waals surface area contributed by atoms with Crippen LogP contribution in [0.15, 0.2) is 34.7 Å². The minimum Gasteiger partial charge on any atom is -0.456 e. The number of benzene rings is 2. The van der Waals surface area contributed by atoms with Gasteiger partial charge in [0.25, 0.3) is 5.69 Å². The lowest BCUT2D eigenvalue weighted by Gasteiger charge is -2.06. The van der Waals surface area contributed by atoms with Crippen molar-refractivity contribution in [1.82, 2.24) is 0 Å². The van der Waals surface area contributed by atoms with E-state index in [2.05, 4.69) is 0 Å². The van der Waals surface area contributed by atoms with Gasteiger partial charge in [0.1, 0.15) is 11.2 Å². The number of hydrogen-bond donors (Lipinski definition) is 0. The lowest BCUT2D eigenvalue weighted by atomic mass is 9.98. The Balaban J connectivity index is 2.41. The Morgan fingerprint density at radius 2 is 1.80 bits per heavy atom. The summed E-state index contributed by atoms with van der Waals surface area (Å²) in [6.45, 7) is 5.91. The molecule has 0 N–H and O–H groups in total. The van der Waals surface area contributed by atoms with E-state index in [0.29, 0.717) is 5.58 Å². The third-order valence-electron chi connectivity index (χ3n) is 3.59. The first-order valence-electron chi connectivity index (χ1n) is 6.58. The fourth-order valence-corrected chi connectivity index (χ4v) is 2.56. The highest BCUT2D eigenvalue weighted by Crippen LogP contribution is 2.36. The highest BCUT2D eigenvalue weighted by Gasteiger charge is 2.20. The fourth-order valence-electron chi connectivity index (χ4n) is 2.56. The summed E-state index contributed by atoms with van der Waals surface area (Å²) in [5, 5.41) is 13.1. The van der Waals surface area contributed by atoms with Gasteiger partial charge in [0.2, 0.25) is 0 Å². The van der Waals surface area contributed by atoms with Crippen LogP contribution in [0.25, 0.3) is 21.9 Å². The predicted octanol–water partition coefficient (Wildman–Crippen LogP) is 4.93. The van der Waals surface area contributed by atoms with Gasteiger partial charge in [-0.05, 0) is 30.5 Å². The summed E-state index contributed by atoms with van der Waals surface area (Å²) in [6.07, 6.45) is 0. The van der Waals surface area contributed by atoms with Gasteiger partial charge in [-0.1, -0.05) is 26.0 Å². The Morgan fingerprint density at radius 1 is 1.10 bits per heavy atom. The van der Waals surface area contributed by atoms with E-state index in [0.717, 1.165) is 27.5 Å². The number of aryl methyl sites for hydroxylation is 1. The third-order valence-corrected chi connectivity index (χ3v) is 3.59. The molecule has 0 fully saturated rings. The lowest BCUT2D eigenvalue weighted by molar-refractivity contribution is -0.385. The number of nitro benzene ring substituents is 1. The van der Waals surface area contributed by atoms with Crippen molar-refractivity contribution in [3.63, 3.8) is 0 Å². The quantitative estimate of drug-likeness (QED) is 0.489. The first-order chi connectivity index (χ1) is 9.47. The van der Waals surface area contributed by atoms with E-state index in [9.17, 15) is 10.1 Å². The molecule has 1 aromatic heterocycles. The van der Waals surface area contributed by atoms with Crippen LogP contribution in [0.5, 0.6) is 0 Å². The standard InChI is InChI=1S/C16H15NO3/c1-9(2)12-7-13-11-5-4-10(3)6-15(11)20-16(13)8-14(12)17(18)19/h4-9H,1-3H3. The molecule has 4 heteroatoms. The molecule has 4 nitrogen and oxygen atoms in total. The van der Waals surface area contributed by atoms with Gasteiger partial charge in [-0.3, -0.25) is 10.1 Å². The van der Waals surface area contributed by atoms with Gasteiger partial charge in [-0.25, -0.2) is 0 Å². The molecule has 0 unspecified atom stereocenters. The monoisotopic (exact) mass is 269 g/mol. The van der Waals surface area contributed by atoms with Crippen LogP contribution in [0.3, 0.4) is 0 Å². The molecule has 0 bridgehead atoms. The Labute approximate surface area is 116 Å². The van der Waals surface area contributed by atoms with Crippen molar-refractivity contribution < 1.29 is 9.34 Å². The van der Waals surface area contributed by atoms with Gasteiger partial charge in [0, 0.05) is 16.3 Å². The van der Waals surface area contributed by atoms with Gasteiger partial charge in [-0.15, -0.1) is 0 Å². The van der Waals surface area contributed by atoms with Gasteiger partial charge >= 0.3 is 0 Å². The zero-order chi connectivity index (χ0) is 14.4. The highest BCUT2D eigenvalue weighted by molar-refractivity contribution is 6.06. The normalized spacial score (nSPS) is 11.6. The first-order valence-corrected chi connectivity index (χ1v) is 6.58. The molecule has 3 rings (SSSR count). The molecule has 102 valence electrons. The summed E-state index contributed by atoms with van der Waals surface area (Å²) in [5.41, 5.74) is 3.32. The lowest BCUT2D eigenvalue weighted by Crippen LogP contribution is -1.96. The smallest absolute Gasteiger partial charge is 0.276 e. The molecule has 2 aromatic carbocycles. The second-order valence-corrected chi connectivity index (χ2v) is 5.42. The molecule has 3 aromatic rings. The molecule has 0 saturated carbocycles. The first kappa shape index (κ1) is 12.7. The summed E-state index contributed by atoms with van der Waals surface area (Å²) in [6, 6.07) is 9.41. The maximum atomic E-state index is 11.2. The Morgan fingerprint density at radius 3 is 2.45 bits per heavy atom. The number of rotatable bonds is 2. The van der Waals surface area contributed by atoms with Gasteiger partial charge in [0.15, 0.2) is 0 Å². The van der Waals surface area contributed by atoms with Crippen LogP contribution in [0.1, 0.15) is 30.9 Å². The molecule has 1 heterocycles. The van der Waals surface area contributed by atoms with E-state index < -0.39 is 0 Å². The van der Waals surface area contributed by atoms with Crippen LogP contribution < -0.4 is 0 Å². The molecule has 0 atom stereocenters. The molecule has 0 aliphatic heterocycles. The second kappa shape index (κ2) is 4.34. The molecule has 0 saturated heterocycles. The summed E-state index contributed by atoms with van der Waals surface area (Å²) in [5.74, 6) is 0.0928. The maximum absolute atomic E-state index is 11.2. The molecule has 0 aliphatic carbocycles. The SMILES string of the molecule is Cc1ccc2c(c1)oc1cc([N+](=O)[O-])c(C(C)C)cc12. The van der Waals surface area contributed by atoms with Crippen molar-refractivity contribution in [1.29, 1.82) is 0 Å². The summed E-state index contributed by atoms with van der Waals surface area (Å²) in [7, 11) is 0. The van der Waals surface area contributed by atoms with Crippen molar-refractivity contribution in [2.24, 2.45) is 0 Å². The average molecular weight is 269 g/mol. The van der Waals surface area contributed by atoms with Crippen LogP contribution in [0, 0.1) is 17.0 Å². The van der Waals surface area contributed by atoms with Crippen LogP contribution in [-0.4, -0.2) is 4.92 Å². The minimum absolute atomic E-state index is 0.0928. The Hall–Kier alpha value is -2.36. The van der Waals surface area contributed by atoms with Crippen molar-refractivity contribution in [3.8, 4) is 0 Å². The molecule has 0 aliphatic rings. The largest absolute Gasteiger partial charge is 0.456 e. The number of nitro groups is 1. The summed E-state index contributed by atoms with van der Waals surface area (Å²) >= 11 is 0. The second-order valence-electron chi connectivity index (χ2n) is 5.42. The van der Waals surface area contributed by atoms with Crippen molar-refractivity contribution >= 4 is 27.6 Å². The van der Waals surface area contributed by atoms with Gasteiger partial charge < -0.3 is 4.42 Å². The van der Waals surface area contributed by atoms with Crippen molar-refractivity contribution in [3.05, 3.63) is 51.6 Å². The van der Waals surface area contributed by atoms with E-state index in [-0.39, 0.29) is 16.5 Å². The number of hydrogen-bond acceptors (Lipinski definition) is 3. The predicted molar refractivity (Wildman–Crippen MR) is 79.2 cm³/mol. The van der Waals surface area contributed by atoms with Gasteiger partial charge in [-0.2, -0.15) is 0 Å². The zero-order valence-electron chi connectivity index (χ0n) is 11.6. The molecular weight excluding hydrogens is 254 g/mol. The van der Waals surface area contributed by atoms with Crippen LogP contribution in [0.2, 0.25) is 0 Å². The molecular formula is C16H15NO3. The number of nitrogens with zero attached hydrogens (tertiary/aromatic N) is 1. The third kappa shape index (κ3) is 1.84. The molecule has 0 amide bonds. The fraction of sp³-hybridized carbons (Fsp3) is 0.250. The molecule has 0 spiro atoms. The maximum Gasteiger partial charge on any atom is 0.276 e. The van der Waals surface area contributed by atoms with Crippen LogP contribution in [0.4, 0.5) is 5.69 Å². The Bertz CT molecular complexity index is 830. The number of furan rings is 1. The van der Waals surface area contributed by atoms with E-state index in [1.807, 2.05) is 45.0 Å². The summed E-state index contributed by atoms with van der Waals surface area (Å²) < 4.78 is 5.75. The summed E-state index contributed by atoms with van der Waals surface area (Å²) in [4.78, 5) is 10.9. The minimum atomic E-state index is -0.340. The van der Waals surface area contributed by atoms with E-state index in [1.165, 1.54) is 0 Å². The van der Waals surface area contributed by atoms with Crippen molar-refractivity contribution in [2.75, 3.05) is 0 Å². The van der Waals surface area contributed by atoms with Gasteiger partial charge in [0.05, 0.1) is 11.0 Å². The van der Waals surface area contributed by atoms with E-state index >= 15 is 0 Å². The van der Waals surface area contributed by atoms with Crippen LogP contribution in [-0.2, 0) is 0 Å². The Kier molecular flexibility index (Phi) is 2.74. The topological polar surface area (TPSA) is 56.3 Å². The van der Waals surface area contributed by atoms with E-state index in [1.54, 1.807) is 6.07 Å². The van der Waals surface area contributed by atoms with Crippen LogP contribution >= 0.6 is 0 Å².